The van der Waals surface area contributed by atoms with E-state index < -0.39 is 6.10 Å². The highest BCUT2D eigenvalue weighted by Gasteiger charge is 2.29. The van der Waals surface area contributed by atoms with Crippen LogP contribution in [0.2, 0.25) is 0 Å². The van der Waals surface area contributed by atoms with Gasteiger partial charge in [-0.15, -0.1) is 22.7 Å². The highest BCUT2D eigenvalue weighted by Crippen LogP contribution is 2.34. The van der Waals surface area contributed by atoms with Crippen molar-refractivity contribution in [3.05, 3.63) is 34.5 Å². The summed E-state index contributed by atoms with van der Waals surface area (Å²) in [6.45, 7) is 0.305. The van der Waals surface area contributed by atoms with Crippen LogP contribution in [0.1, 0.15) is 23.8 Å². The third-order valence-corrected chi connectivity index (χ3v) is 5.39. The molecule has 1 aliphatic rings. The number of rotatable bonds is 5. The van der Waals surface area contributed by atoms with Gasteiger partial charge in [0.15, 0.2) is 0 Å². The Morgan fingerprint density at radius 1 is 1.37 bits per heavy atom. The predicted octanol–water partition coefficient (Wildman–Crippen LogP) is 3.04. The standard InChI is InChI=1S/C14H15NO2S2/c16-10(8-15-14(17)9-3-4-9)11-5-6-13(19-11)12-2-1-7-18-12/h1-2,5-7,9-10,16H,3-4,8H2,(H,15,17)/t10-/m0/s1. The normalized spacial score (nSPS) is 16.3. The molecule has 2 N–H and O–H groups in total. The number of hydrogen-bond donors (Lipinski definition) is 2. The van der Waals surface area contributed by atoms with Crippen LogP contribution in [-0.4, -0.2) is 17.6 Å². The van der Waals surface area contributed by atoms with Crippen molar-refractivity contribution in [1.82, 2.24) is 5.32 Å². The van der Waals surface area contributed by atoms with Gasteiger partial charge in [-0.3, -0.25) is 4.79 Å². The Hall–Kier alpha value is -1.17. The van der Waals surface area contributed by atoms with E-state index in [0.717, 1.165) is 22.6 Å². The monoisotopic (exact) mass is 293 g/mol. The lowest BCUT2D eigenvalue weighted by molar-refractivity contribution is -0.122. The third kappa shape index (κ3) is 3.05. The Morgan fingerprint density at radius 3 is 2.89 bits per heavy atom. The van der Waals surface area contributed by atoms with Crippen LogP contribution in [0.4, 0.5) is 0 Å². The summed E-state index contributed by atoms with van der Waals surface area (Å²) in [6.07, 6.45) is 1.37. The number of thiophene rings is 2. The Balaban J connectivity index is 1.60. The van der Waals surface area contributed by atoms with E-state index in [1.807, 2.05) is 23.6 Å². The molecular weight excluding hydrogens is 278 g/mol. The third-order valence-electron chi connectivity index (χ3n) is 3.14. The second-order valence-electron chi connectivity index (χ2n) is 4.71. The highest BCUT2D eigenvalue weighted by atomic mass is 32.1. The molecule has 1 saturated carbocycles. The summed E-state index contributed by atoms with van der Waals surface area (Å²) in [5.41, 5.74) is 0. The van der Waals surface area contributed by atoms with Gasteiger partial charge in [0.25, 0.3) is 0 Å². The zero-order valence-corrected chi connectivity index (χ0v) is 12.0. The summed E-state index contributed by atoms with van der Waals surface area (Å²) in [6, 6.07) is 8.05. The first-order valence-electron chi connectivity index (χ1n) is 6.33. The zero-order valence-electron chi connectivity index (χ0n) is 10.3. The maximum Gasteiger partial charge on any atom is 0.223 e. The van der Waals surface area contributed by atoms with Crippen LogP contribution in [0, 0.1) is 5.92 Å². The lowest BCUT2D eigenvalue weighted by atomic mass is 10.2. The molecule has 2 heterocycles. The predicted molar refractivity (Wildman–Crippen MR) is 78.3 cm³/mol. The van der Waals surface area contributed by atoms with E-state index in [1.54, 1.807) is 22.7 Å². The summed E-state index contributed by atoms with van der Waals surface area (Å²) < 4.78 is 0. The molecule has 0 aromatic carbocycles. The van der Waals surface area contributed by atoms with Crippen molar-refractivity contribution in [2.24, 2.45) is 5.92 Å². The van der Waals surface area contributed by atoms with E-state index in [0.29, 0.717) is 6.54 Å². The van der Waals surface area contributed by atoms with Crippen molar-refractivity contribution in [2.45, 2.75) is 18.9 Å². The Kier molecular flexibility index (Phi) is 3.68. The Bertz CT molecular complexity index is 558. The second-order valence-corrected chi connectivity index (χ2v) is 6.78. The van der Waals surface area contributed by atoms with Gasteiger partial charge in [-0.2, -0.15) is 0 Å². The zero-order chi connectivity index (χ0) is 13.2. The van der Waals surface area contributed by atoms with Crippen LogP contribution < -0.4 is 5.32 Å². The lowest BCUT2D eigenvalue weighted by Gasteiger charge is -2.09. The first-order chi connectivity index (χ1) is 9.24. The van der Waals surface area contributed by atoms with Crippen LogP contribution in [0.25, 0.3) is 9.75 Å². The molecule has 2 aromatic heterocycles. The van der Waals surface area contributed by atoms with E-state index in [1.165, 1.54) is 4.88 Å². The molecule has 1 atom stereocenters. The molecule has 2 aromatic rings. The molecule has 0 spiro atoms. The number of aliphatic hydroxyl groups is 1. The fourth-order valence-electron chi connectivity index (χ4n) is 1.87. The fraction of sp³-hybridized carbons (Fsp3) is 0.357. The molecule has 0 unspecified atom stereocenters. The van der Waals surface area contributed by atoms with Crippen molar-refractivity contribution >= 4 is 28.6 Å². The molecule has 3 nitrogen and oxygen atoms in total. The molecule has 1 aliphatic carbocycles. The topological polar surface area (TPSA) is 49.3 Å². The molecule has 3 rings (SSSR count). The molecule has 19 heavy (non-hydrogen) atoms. The average molecular weight is 293 g/mol. The van der Waals surface area contributed by atoms with Crippen LogP contribution in [0.3, 0.4) is 0 Å². The molecular formula is C14H15NO2S2. The molecule has 0 bridgehead atoms. The summed E-state index contributed by atoms with van der Waals surface area (Å²) in [5, 5.41) is 14.9. The summed E-state index contributed by atoms with van der Waals surface area (Å²) >= 11 is 3.27. The number of carbonyl (C=O) groups is 1. The molecule has 5 heteroatoms. The number of amides is 1. The summed E-state index contributed by atoms with van der Waals surface area (Å²) in [4.78, 5) is 14.8. The quantitative estimate of drug-likeness (QED) is 0.890. The van der Waals surface area contributed by atoms with E-state index >= 15 is 0 Å². The Morgan fingerprint density at radius 2 is 2.21 bits per heavy atom. The molecule has 1 amide bonds. The van der Waals surface area contributed by atoms with Gasteiger partial charge < -0.3 is 10.4 Å². The largest absolute Gasteiger partial charge is 0.386 e. The average Bonchev–Trinajstić information content (AvgIpc) is 2.94. The number of nitrogens with one attached hydrogen (secondary N) is 1. The minimum absolute atomic E-state index is 0.0779. The van der Waals surface area contributed by atoms with Gasteiger partial charge in [-0.1, -0.05) is 6.07 Å². The smallest absolute Gasteiger partial charge is 0.223 e. The van der Waals surface area contributed by atoms with E-state index in [-0.39, 0.29) is 11.8 Å². The van der Waals surface area contributed by atoms with Gasteiger partial charge >= 0.3 is 0 Å². The second kappa shape index (κ2) is 5.45. The van der Waals surface area contributed by atoms with Crippen LogP contribution >= 0.6 is 22.7 Å². The molecule has 0 radical (unpaired) electrons. The minimum atomic E-state index is -0.610. The lowest BCUT2D eigenvalue weighted by Crippen LogP contribution is -2.29. The maximum absolute atomic E-state index is 11.5. The van der Waals surface area contributed by atoms with Crippen molar-refractivity contribution in [1.29, 1.82) is 0 Å². The SMILES string of the molecule is O=C(NC[C@H](O)c1ccc(-c2cccs2)s1)C1CC1. The van der Waals surface area contributed by atoms with Crippen LogP contribution in [-0.2, 0) is 4.79 Å². The molecule has 0 aliphatic heterocycles. The molecule has 1 fully saturated rings. The van der Waals surface area contributed by atoms with Crippen molar-refractivity contribution in [3.8, 4) is 9.75 Å². The van der Waals surface area contributed by atoms with Crippen molar-refractivity contribution in [2.75, 3.05) is 6.54 Å². The number of aliphatic hydroxyl groups excluding tert-OH is 1. The number of hydrogen-bond acceptors (Lipinski definition) is 4. The van der Waals surface area contributed by atoms with Crippen molar-refractivity contribution in [3.63, 3.8) is 0 Å². The van der Waals surface area contributed by atoms with Crippen molar-refractivity contribution < 1.29 is 9.90 Å². The van der Waals surface area contributed by atoms with Gasteiger partial charge in [0, 0.05) is 27.1 Å². The first-order valence-corrected chi connectivity index (χ1v) is 8.03. The Labute approximate surface area is 119 Å². The van der Waals surface area contributed by atoms with E-state index in [2.05, 4.69) is 11.4 Å². The van der Waals surface area contributed by atoms with Gasteiger partial charge in [-0.05, 0) is 36.4 Å². The maximum atomic E-state index is 11.5. The molecule has 100 valence electrons. The number of carbonyl (C=O) groups excluding carboxylic acids is 1. The van der Waals surface area contributed by atoms with Crippen LogP contribution in [0.5, 0.6) is 0 Å². The first kappa shape index (κ1) is 12.8. The summed E-state index contributed by atoms with van der Waals surface area (Å²) in [7, 11) is 0. The molecule has 0 saturated heterocycles. The van der Waals surface area contributed by atoms with Gasteiger partial charge in [0.1, 0.15) is 6.10 Å². The van der Waals surface area contributed by atoms with E-state index in [9.17, 15) is 9.90 Å². The van der Waals surface area contributed by atoms with Gasteiger partial charge in [0.2, 0.25) is 5.91 Å². The highest BCUT2D eigenvalue weighted by molar-refractivity contribution is 7.21. The fourth-order valence-corrected chi connectivity index (χ4v) is 3.70. The van der Waals surface area contributed by atoms with E-state index in [4.69, 9.17) is 0 Å². The van der Waals surface area contributed by atoms with Gasteiger partial charge in [0.05, 0.1) is 0 Å². The minimum Gasteiger partial charge on any atom is -0.386 e. The summed E-state index contributed by atoms with van der Waals surface area (Å²) in [5.74, 6) is 0.270. The van der Waals surface area contributed by atoms with Crippen LogP contribution in [0.15, 0.2) is 29.6 Å². The van der Waals surface area contributed by atoms with Gasteiger partial charge in [-0.25, -0.2) is 0 Å².